The Labute approximate surface area is 179 Å². The van der Waals surface area contributed by atoms with E-state index >= 15 is 0 Å². The van der Waals surface area contributed by atoms with Crippen LogP contribution in [0.3, 0.4) is 0 Å². The Morgan fingerprint density at radius 2 is 1.97 bits per heavy atom. The Morgan fingerprint density at radius 3 is 2.60 bits per heavy atom. The monoisotopic (exact) mass is 438 g/mol. The van der Waals surface area contributed by atoms with Crippen molar-refractivity contribution in [3.8, 4) is 0 Å². The lowest BCUT2D eigenvalue weighted by atomic mass is 9.81. The summed E-state index contributed by atoms with van der Waals surface area (Å²) >= 11 is 0. The molecule has 2 rings (SSSR count). The maximum absolute atomic E-state index is 12.5. The first kappa shape index (κ1) is 24.6. The molecule has 1 heterocycles. The molecule has 0 saturated carbocycles. The fraction of sp³-hybridized carbons (Fsp3) is 0.609. The number of sulfone groups is 1. The highest BCUT2D eigenvalue weighted by molar-refractivity contribution is 7.92. The van der Waals surface area contributed by atoms with Crippen molar-refractivity contribution < 1.29 is 28.2 Å². The lowest BCUT2D eigenvalue weighted by Gasteiger charge is -2.29. The molecule has 0 bridgehead atoms. The third-order valence-electron chi connectivity index (χ3n) is 5.87. The SMILES string of the molecule is CCCCC(C)(C)C(O)/C=C/C1C(O)CS(=O)(=O)C1CCOC(=O)c1ccccc1. The zero-order valence-electron chi connectivity index (χ0n) is 18.0. The molecule has 1 aromatic rings. The van der Waals surface area contributed by atoms with E-state index in [2.05, 4.69) is 6.92 Å². The Bertz CT molecular complexity index is 815. The van der Waals surface area contributed by atoms with E-state index in [1.54, 1.807) is 42.5 Å². The number of unbranched alkanes of at least 4 members (excludes halogenated alkanes) is 1. The van der Waals surface area contributed by atoms with Gasteiger partial charge in [-0.1, -0.05) is 64.0 Å². The van der Waals surface area contributed by atoms with Crippen molar-refractivity contribution >= 4 is 15.8 Å². The second-order valence-corrected chi connectivity index (χ2v) is 11.0. The molecule has 0 radical (unpaired) electrons. The predicted molar refractivity (Wildman–Crippen MR) is 117 cm³/mol. The van der Waals surface area contributed by atoms with Gasteiger partial charge in [-0.3, -0.25) is 0 Å². The Balaban J connectivity index is 2.02. The maximum Gasteiger partial charge on any atom is 0.338 e. The minimum atomic E-state index is -3.52. The van der Waals surface area contributed by atoms with Gasteiger partial charge in [0.2, 0.25) is 0 Å². The highest BCUT2D eigenvalue weighted by Gasteiger charge is 2.45. The largest absolute Gasteiger partial charge is 0.462 e. The van der Waals surface area contributed by atoms with Crippen LogP contribution in [0.2, 0.25) is 0 Å². The van der Waals surface area contributed by atoms with Crippen molar-refractivity contribution in [3.63, 3.8) is 0 Å². The third-order valence-corrected chi connectivity index (χ3v) is 8.15. The van der Waals surface area contributed by atoms with Crippen LogP contribution in [-0.4, -0.2) is 54.4 Å². The first-order valence-corrected chi connectivity index (χ1v) is 12.3. The molecule has 2 N–H and O–H groups in total. The van der Waals surface area contributed by atoms with Gasteiger partial charge in [0, 0.05) is 5.92 Å². The molecule has 0 aliphatic carbocycles. The van der Waals surface area contributed by atoms with Crippen LogP contribution in [0.25, 0.3) is 0 Å². The number of esters is 1. The first-order valence-electron chi connectivity index (χ1n) is 10.6. The summed E-state index contributed by atoms with van der Waals surface area (Å²) in [6.45, 7) is 5.98. The average molecular weight is 439 g/mol. The molecule has 0 spiro atoms. The van der Waals surface area contributed by atoms with Crippen LogP contribution in [0, 0.1) is 11.3 Å². The van der Waals surface area contributed by atoms with E-state index in [1.807, 2.05) is 13.8 Å². The molecule has 1 aliphatic rings. The van der Waals surface area contributed by atoms with E-state index in [-0.39, 0.29) is 24.2 Å². The zero-order valence-corrected chi connectivity index (χ0v) is 18.8. The summed E-state index contributed by atoms with van der Waals surface area (Å²) in [6.07, 6.45) is 4.42. The van der Waals surface area contributed by atoms with Gasteiger partial charge >= 0.3 is 5.97 Å². The molecule has 0 aromatic heterocycles. The first-order chi connectivity index (χ1) is 14.1. The van der Waals surface area contributed by atoms with Gasteiger partial charge in [0.05, 0.1) is 35.4 Å². The van der Waals surface area contributed by atoms with Crippen LogP contribution >= 0.6 is 0 Å². The molecule has 4 atom stereocenters. The molecule has 7 heteroatoms. The normalized spacial score (nSPS) is 24.8. The number of ether oxygens (including phenoxy) is 1. The molecule has 168 valence electrons. The summed E-state index contributed by atoms with van der Waals surface area (Å²) in [5, 5.41) is 20.0. The number of benzene rings is 1. The number of carbonyl (C=O) groups excluding carboxylic acids is 1. The number of carbonyl (C=O) groups is 1. The summed E-state index contributed by atoms with van der Waals surface area (Å²) in [5.41, 5.74) is 0.0658. The predicted octanol–water partition coefficient (Wildman–Crippen LogP) is 3.14. The van der Waals surface area contributed by atoms with Gasteiger partial charge < -0.3 is 14.9 Å². The van der Waals surface area contributed by atoms with Gasteiger partial charge in [-0.25, -0.2) is 13.2 Å². The topological polar surface area (TPSA) is 101 Å². The minimum absolute atomic E-state index is 0.0563. The van der Waals surface area contributed by atoms with Crippen molar-refractivity contribution in [3.05, 3.63) is 48.0 Å². The van der Waals surface area contributed by atoms with Crippen LogP contribution in [-0.2, 0) is 14.6 Å². The second kappa shape index (κ2) is 10.6. The van der Waals surface area contributed by atoms with Crippen LogP contribution < -0.4 is 0 Å². The molecule has 1 aromatic carbocycles. The third kappa shape index (κ3) is 6.40. The quantitative estimate of drug-likeness (QED) is 0.430. The summed E-state index contributed by atoms with van der Waals surface area (Å²) in [7, 11) is -3.52. The second-order valence-electron chi connectivity index (χ2n) is 8.73. The summed E-state index contributed by atoms with van der Waals surface area (Å²) < 4.78 is 30.3. The van der Waals surface area contributed by atoms with Crippen LogP contribution in [0.5, 0.6) is 0 Å². The maximum atomic E-state index is 12.5. The molecule has 1 aliphatic heterocycles. The molecular weight excluding hydrogens is 404 g/mol. The van der Waals surface area contributed by atoms with E-state index in [4.69, 9.17) is 4.74 Å². The lowest BCUT2D eigenvalue weighted by Crippen LogP contribution is -2.29. The van der Waals surface area contributed by atoms with Gasteiger partial charge in [0.1, 0.15) is 0 Å². The molecular formula is C23H34O6S. The highest BCUT2D eigenvalue weighted by Crippen LogP contribution is 2.33. The van der Waals surface area contributed by atoms with Crippen LogP contribution in [0.1, 0.15) is 56.8 Å². The number of hydrogen-bond donors (Lipinski definition) is 2. The summed E-state index contributed by atoms with van der Waals surface area (Å²) in [6, 6.07) is 8.50. The van der Waals surface area contributed by atoms with Gasteiger partial charge in [-0.2, -0.15) is 0 Å². The number of hydrogen-bond acceptors (Lipinski definition) is 6. The molecule has 1 fully saturated rings. The summed E-state index contributed by atoms with van der Waals surface area (Å²) in [4.78, 5) is 12.1. The number of rotatable bonds is 10. The fourth-order valence-electron chi connectivity index (χ4n) is 3.78. The Hall–Kier alpha value is -1.70. The Morgan fingerprint density at radius 1 is 1.30 bits per heavy atom. The Kier molecular flexibility index (Phi) is 8.64. The molecule has 0 amide bonds. The number of aliphatic hydroxyl groups excluding tert-OH is 2. The highest BCUT2D eigenvalue weighted by atomic mass is 32.2. The van der Waals surface area contributed by atoms with Crippen molar-refractivity contribution in [2.75, 3.05) is 12.4 Å². The van der Waals surface area contributed by atoms with Crippen LogP contribution in [0.15, 0.2) is 42.5 Å². The van der Waals surface area contributed by atoms with E-state index in [0.29, 0.717) is 5.56 Å². The number of aliphatic hydroxyl groups is 2. The standard InChI is InChI=1S/C23H34O6S/c1-4-5-14-23(2,3)21(25)12-11-18-19(24)16-30(27,28)20(18)13-15-29-22(26)17-9-7-6-8-10-17/h6-12,18-21,24-25H,4-5,13-16H2,1-3H3/b12-11+. The van der Waals surface area contributed by atoms with E-state index in [0.717, 1.165) is 19.3 Å². The lowest BCUT2D eigenvalue weighted by molar-refractivity contribution is 0.0492. The molecule has 6 nitrogen and oxygen atoms in total. The zero-order chi connectivity index (χ0) is 22.4. The minimum Gasteiger partial charge on any atom is -0.462 e. The van der Waals surface area contributed by atoms with Gasteiger partial charge in [-0.05, 0) is 30.4 Å². The van der Waals surface area contributed by atoms with Crippen molar-refractivity contribution in [1.29, 1.82) is 0 Å². The fourth-order valence-corrected chi connectivity index (χ4v) is 5.94. The van der Waals surface area contributed by atoms with Crippen molar-refractivity contribution in [2.45, 2.75) is 63.9 Å². The van der Waals surface area contributed by atoms with Gasteiger partial charge in [0.25, 0.3) is 0 Å². The van der Waals surface area contributed by atoms with E-state index < -0.39 is 39.2 Å². The van der Waals surface area contributed by atoms with E-state index in [9.17, 15) is 23.4 Å². The van der Waals surface area contributed by atoms with Crippen molar-refractivity contribution in [1.82, 2.24) is 0 Å². The van der Waals surface area contributed by atoms with Crippen LogP contribution in [0.4, 0.5) is 0 Å². The van der Waals surface area contributed by atoms with E-state index in [1.165, 1.54) is 0 Å². The molecule has 1 saturated heterocycles. The van der Waals surface area contributed by atoms with Crippen molar-refractivity contribution in [2.24, 2.45) is 11.3 Å². The molecule has 4 unspecified atom stereocenters. The summed E-state index contributed by atoms with van der Waals surface area (Å²) in [5.74, 6) is -1.47. The molecule has 30 heavy (non-hydrogen) atoms. The van der Waals surface area contributed by atoms with Gasteiger partial charge in [0.15, 0.2) is 9.84 Å². The smallest absolute Gasteiger partial charge is 0.338 e. The average Bonchev–Trinajstić information content (AvgIpc) is 2.92. The van der Waals surface area contributed by atoms with Gasteiger partial charge in [-0.15, -0.1) is 0 Å².